The van der Waals surface area contributed by atoms with Crippen molar-refractivity contribution in [1.29, 1.82) is 0 Å². The first-order valence-electron chi connectivity index (χ1n) is 7.59. The minimum absolute atomic E-state index is 0.681. The van der Waals surface area contributed by atoms with Gasteiger partial charge in [0.25, 0.3) is 0 Å². The lowest BCUT2D eigenvalue weighted by atomic mass is 9.89. The van der Waals surface area contributed by atoms with E-state index < -0.39 is 0 Å². The molecule has 2 rings (SSSR count). The molecule has 3 heteroatoms. The molecule has 1 aliphatic heterocycles. The van der Waals surface area contributed by atoms with E-state index in [1.165, 1.54) is 24.0 Å². The third-order valence-electron chi connectivity index (χ3n) is 3.87. The molecule has 1 aromatic carbocycles. The van der Waals surface area contributed by atoms with E-state index in [-0.39, 0.29) is 0 Å². The molecule has 1 saturated heterocycles. The van der Waals surface area contributed by atoms with Crippen LogP contribution in [-0.4, -0.2) is 36.7 Å². The van der Waals surface area contributed by atoms with Crippen LogP contribution in [0, 0.1) is 6.92 Å². The molecule has 1 aromatic rings. The Balaban J connectivity index is 1.98. The van der Waals surface area contributed by atoms with Crippen LogP contribution < -0.4 is 0 Å². The first-order chi connectivity index (χ1) is 9.74. The van der Waals surface area contributed by atoms with Crippen LogP contribution in [0.1, 0.15) is 43.7 Å². The maximum Gasteiger partial charge on any atom is 0.220 e. The number of guanidine groups is 1. The highest BCUT2D eigenvalue weighted by Gasteiger charge is 2.22. The van der Waals surface area contributed by atoms with Gasteiger partial charge in [-0.25, -0.2) is 4.99 Å². The van der Waals surface area contributed by atoms with Crippen molar-refractivity contribution in [3.05, 3.63) is 35.4 Å². The first-order valence-corrected chi connectivity index (χ1v) is 7.59. The Morgan fingerprint density at radius 1 is 1.25 bits per heavy atom. The summed E-state index contributed by atoms with van der Waals surface area (Å²) in [5.41, 5.74) is 2.81. The van der Waals surface area contributed by atoms with E-state index in [0.29, 0.717) is 5.92 Å². The van der Waals surface area contributed by atoms with Crippen molar-refractivity contribution >= 4 is 12.2 Å². The molecule has 0 bridgehead atoms. The van der Waals surface area contributed by atoms with Crippen LogP contribution in [0.4, 0.5) is 0 Å². The highest BCUT2D eigenvalue weighted by atomic mass is 15.3. The number of aryl methyl sites for hydroxylation is 1. The maximum absolute atomic E-state index is 4.49. The zero-order valence-electron chi connectivity index (χ0n) is 12.8. The lowest BCUT2D eigenvalue weighted by Crippen LogP contribution is -2.37. The smallest absolute Gasteiger partial charge is 0.220 e. The van der Waals surface area contributed by atoms with Gasteiger partial charge in [0.15, 0.2) is 0 Å². The predicted molar refractivity (Wildman–Crippen MR) is 86.9 cm³/mol. The maximum atomic E-state index is 4.49. The van der Waals surface area contributed by atoms with Crippen LogP contribution in [-0.2, 0) is 0 Å². The van der Waals surface area contributed by atoms with E-state index in [9.17, 15) is 0 Å². The number of rotatable bonds is 2. The summed E-state index contributed by atoms with van der Waals surface area (Å²) < 4.78 is 0. The van der Waals surface area contributed by atoms with E-state index in [0.717, 1.165) is 25.6 Å². The summed E-state index contributed by atoms with van der Waals surface area (Å²) >= 11 is 0. The second kappa shape index (κ2) is 7.22. The standard InChI is InChI=1S/C17H25N3/c1-4-18-17(19-5-2)20-12-10-16(11-13-20)15-8-6-14(3)7-9-15/h4,6-9,16H,5,10-13H2,1-3H3/b18-4-,19-17?. The minimum Gasteiger partial charge on any atom is -0.341 e. The van der Waals surface area contributed by atoms with Crippen LogP contribution in [0.3, 0.4) is 0 Å². The second-order valence-corrected chi connectivity index (χ2v) is 5.33. The van der Waals surface area contributed by atoms with Crippen LogP contribution in [0.2, 0.25) is 0 Å². The van der Waals surface area contributed by atoms with Gasteiger partial charge in [0, 0.05) is 25.8 Å². The van der Waals surface area contributed by atoms with Crippen LogP contribution in [0.5, 0.6) is 0 Å². The van der Waals surface area contributed by atoms with E-state index in [1.54, 1.807) is 0 Å². The fraction of sp³-hybridized carbons (Fsp3) is 0.529. The van der Waals surface area contributed by atoms with Crippen molar-refractivity contribution in [2.45, 2.75) is 39.5 Å². The average molecular weight is 271 g/mol. The summed E-state index contributed by atoms with van der Waals surface area (Å²) in [6.45, 7) is 9.05. The van der Waals surface area contributed by atoms with Crippen molar-refractivity contribution in [2.24, 2.45) is 9.98 Å². The lowest BCUT2D eigenvalue weighted by molar-refractivity contribution is 0.310. The highest BCUT2D eigenvalue weighted by Crippen LogP contribution is 2.28. The normalized spacial score (nSPS) is 17.9. The Bertz CT molecular complexity index is 466. The molecule has 3 nitrogen and oxygen atoms in total. The summed E-state index contributed by atoms with van der Waals surface area (Å²) in [4.78, 5) is 11.2. The molecular formula is C17H25N3. The van der Waals surface area contributed by atoms with Crippen molar-refractivity contribution < 1.29 is 0 Å². The van der Waals surface area contributed by atoms with Crippen molar-refractivity contribution in [3.63, 3.8) is 0 Å². The van der Waals surface area contributed by atoms with Gasteiger partial charge in [0.1, 0.15) is 0 Å². The second-order valence-electron chi connectivity index (χ2n) is 5.33. The summed E-state index contributed by atoms with van der Waals surface area (Å²) in [6.07, 6.45) is 4.20. The van der Waals surface area contributed by atoms with Gasteiger partial charge in [-0.3, -0.25) is 4.99 Å². The van der Waals surface area contributed by atoms with Gasteiger partial charge in [-0.15, -0.1) is 0 Å². The molecule has 20 heavy (non-hydrogen) atoms. The Morgan fingerprint density at radius 3 is 2.45 bits per heavy atom. The fourth-order valence-electron chi connectivity index (χ4n) is 2.73. The Morgan fingerprint density at radius 2 is 1.90 bits per heavy atom. The first kappa shape index (κ1) is 14.8. The van der Waals surface area contributed by atoms with Gasteiger partial charge in [-0.2, -0.15) is 0 Å². The number of hydrogen-bond acceptors (Lipinski definition) is 1. The monoisotopic (exact) mass is 271 g/mol. The molecule has 0 spiro atoms. The number of hydrogen-bond donors (Lipinski definition) is 0. The van der Waals surface area contributed by atoms with Crippen molar-refractivity contribution in [2.75, 3.05) is 19.6 Å². The zero-order chi connectivity index (χ0) is 14.4. The molecule has 0 unspecified atom stereocenters. The summed E-state index contributed by atoms with van der Waals surface area (Å²) in [5, 5.41) is 0. The lowest BCUT2D eigenvalue weighted by Gasteiger charge is -2.32. The average Bonchev–Trinajstić information content (AvgIpc) is 2.48. The third-order valence-corrected chi connectivity index (χ3v) is 3.87. The predicted octanol–water partition coefficient (Wildman–Crippen LogP) is 3.64. The quantitative estimate of drug-likeness (QED) is 0.596. The molecule has 0 saturated carbocycles. The summed E-state index contributed by atoms with van der Waals surface area (Å²) in [6, 6.07) is 8.99. The molecule has 108 valence electrons. The van der Waals surface area contributed by atoms with E-state index in [2.05, 4.69) is 53.0 Å². The molecule has 1 aliphatic rings. The number of benzene rings is 1. The molecule has 0 N–H and O–H groups in total. The highest BCUT2D eigenvalue weighted by molar-refractivity contribution is 5.87. The molecule has 0 aromatic heterocycles. The molecule has 1 fully saturated rings. The van der Waals surface area contributed by atoms with Crippen molar-refractivity contribution in [3.8, 4) is 0 Å². The summed E-state index contributed by atoms with van der Waals surface area (Å²) in [5.74, 6) is 1.58. The van der Waals surface area contributed by atoms with Gasteiger partial charge in [0.2, 0.25) is 5.96 Å². The minimum atomic E-state index is 0.681. The van der Waals surface area contributed by atoms with E-state index in [4.69, 9.17) is 0 Å². The van der Waals surface area contributed by atoms with Crippen LogP contribution >= 0.6 is 0 Å². The van der Waals surface area contributed by atoms with Crippen LogP contribution in [0.15, 0.2) is 34.3 Å². The number of likely N-dealkylation sites (tertiary alicyclic amines) is 1. The number of piperidine rings is 1. The Hall–Kier alpha value is -1.64. The van der Waals surface area contributed by atoms with Gasteiger partial charge in [-0.05, 0) is 45.1 Å². The van der Waals surface area contributed by atoms with Gasteiger partial charge >= 0.3 is 0 Å². The fourth-order valence-corrected chi connectivity index (χ4v) is 2.73. The molecule has 0 amide bonds. The molecule has 0 radical (unpaired) electrons. The van der Waals surface area contributed by atoms with Gasteiger partial charge in [-0.1, -0.05) is 29.8 Å². The zero-order valence-corrected chi connectivity index (χ0v) is 12.8. The Kier molecular flexibility index (Phi) is 5.33. The van der Waals surface area contributed by atoms with Crippen LogP contribution in [0.25, 0.3) is 0 Å². The number of nitrogens with zero attached hydrogens (tertiary/aromatic N) is 3. The van der Waals surface area contributed by atoms with E-state index >= 15 is 0 Å². The van der Waals surface area contributed by atoms with Crippen molar-refractivity contribution in [1.82, 2.24) is 4.90 Å². The molecule has 1 heterocycles. The van der Waals surface area contributed by atoms with Gasteiger partial charge in [0.05, 0.1) is 0 Å². The Labute approximate surface area is 122 Å². The third kappa shape index (κ3) is 3.69. The molecule has 0 atom stereocenters. The van der Waals surface area contributed by atoms with Gasteiger partial charge < -0.3 is 4.90 Å². The SMILES string of the molecule is C/C=N\C(=NCC)N1CCC(c2ccc(C)cc2)CC1. The topological polar surface area (TPSA) is 28.0 Å². The molecule has 0 aliphatic carbocycles. The van der Waals surface area contributed by atoms with E-state index in [1.807, 2.05) is 13.1 Å². The largest absolute Gasteiger partial charge is 0.341 e. The summed E-state index contributed by atoms with van der Waals surface area (Å²) in [7, 11) is 0. The number of aliphatic imine (C=N–C) groups is 2. The molecular weight excluding hydrogens is 246 g/mol.